The fourth-order valence-corrected chi connectivity index (χ4v) is 1.32. The molecule has 0 bridgehead atoms. The van der Waals surface area contributed by atoms with Crippen LogP contribution in [0.5, 0.6) is 0 Å². The lowest BCUT2D eigenvalue weighted by molar-refractivity contribution is -0.140. The molecule has 0 spiro atoms. The van der Waals surface area contributed by atoms with Crippen molar-refractivity contribution in [3.05, 3.63) is 29.6 Å². The number of carbonyl (C=O) groups is 1. The van der Waals surface area contributed by atoms with E-state index in [1.807, 2.05) is 19.1 Å². The number of aliphatic carboxylic acids is 1. The summed E-state index contributed by atoms with van der Waals surface area (Å²) in [5.74, 6) is -1.01. The van der Waals surface area contributed by atoms with Crippen molar-refractivity contribution in [3.63, 3.8) is 0 Å². The summed E-state index contributed by atoms with van der Waals surface area (Å²) in [6.07, 6.45) is 1.71. The van der Waals surface area contributed by atoms with Crippen LogP contribution >= 0.6 is 0 Å². The summed E-state index contributed by atoms with van der Waals surface area (Å²) >= 11 is 0. The SMILES string of the molecule is Cc1ccc(C(C)(C)C(N)C(=O)O)nc1. The molecule has 0 saturated carbocycles. The van der Waals surface area contributed by atoms with E-state index < -0.39 is 17.4 Å². The van der Waals surface area contributed by atoms with Gasteiger partial charge in [-0.1, -0.05) is 19.9 Å². The van der Waals surface area contributed by atoms with E-state index in [1.54, 1.807) is 20.0 Å². The van der Waals surface area contributed by atoms with Crippen LogP contribution in [-0.4, -0.2) is 22.1 Å². The number of aromatic nitrogens is 1. The van der Waals surface area contributed by atoms with Gasteiger partial charge in [-0.2, -0.15) is 0 Å². The lowest BCUT2D eigenvalue weighted by Gasteiger charge is -2.27. The van der Waals surface area contributed by atoms with E-state index in [4.69, 9.17) is 10.8 Å². The third kappa shape index (κ3) is 2.33. The Bertz CT molecular complexity index is 357. The quantitative estimate of drug-likeness (QED) is 0.779. The topological polar surface area (TPSA) is 76.2 Å². The zero-order valence-corrected chi connectivity index (χ0v) is 9.19. The number of nitrogens with two attached hydrogens (primary N) is 1. The van der Waals surface area contributed by atoms with Crippen molar-refractivity contribution >= 4 is 5.97 Å². The first-order valence-electron chi connectivity index (χ1n) is 4.77. The maximum absolute atomic E-state index is 10.8. The molecule has 0 radical (unpaired) electrons. The predicted octanol–water partition coefficient (Wildman–Crippen LogP) is 1.08. The first-order valence-corrected chi connectivity index (χ1v) is 4.77. The summed E-state index contributed by atoms with van der Waals surface area (Å²) in [5, 5.41) is 8.88. The van der Waals surface area contributed by atoms with Crippen molar-refractivity contribution in [2.45, 2.75) is 32.2 Å². The minimum atomic E-state index is -1.01. The summed E-state index contributed by atoms with van der Waals surface area (Å²) in [6, 6.07) is 2.77. The summed E-state index contributed by atoms with van der Waals surface area (Å²) in [5.41, 5.74) is 6.70. The molecule has 0 aliphatic heterocycles. The zero-order valence-electron chi connectivity index (χ0n) is 9.19. The van der Waals surface area contributed by atoms with Gasteiger partial charge >= 0.3 is 5.97 Å². The minimum Gasteiger partial charge on any atom is -0.480 e. The van der Waals surface area contributed by atoms with Crippen molar-refractivity contribution in [1.82, 2.24) is 4.98 Å². The molecule has 15 heavy (non-hydrogen) atoms. The van der Waals surface area contributed by atoms with Crippen LogP contribution in [0.4, 0.5) is 0 Å². The lowest BCUT2D eigenvalue weighted by atomic mass is 9.81. The average molecular weight is 208 g/mol. The van der Waals surface area contributed by atoms with Crippen molar-refractivity contribution in [2.24, 2.45) is 5.73 Å². The number of nitrogens with zero attached hydrogens (tertiary/aromatic N) is 1. The molecule has 0 aromatic carbocycles. The number of pyridine rings is 1. The van der Waals surface area contributed by atoms with Gasteiger partial charge in [-0.15, -0.1) is 0 Å². The van der Waals surface area contributed by atoms with Gasteiger partial charge in [-0.25, -0.2) is 0 Å². The summed E-state index contributed by atoms with van der Waals surface area (Å²) in [7, 11) is 0. The van der Waals surface area contributed by atoms with E-state index in [1.165, 1.54) is 0 Å². The zero-order chi connectivity index (χ0) is 11.6. The van der Waals surface area contributed by atoms with Gasteiger partial charge in [0.2, 0.25) is 0 Å². The molecule has 1 heterocycles. The smallest absolute Gasteiger partial charge is 0.321 e. The highest BCUT2D eigenvalue weighted by Crippen LogP contribution is 2.24. The Balaban J connectivity index is 3.05. The molecule has 0 saturated heterocycles. The summed E-state index contributed by atoms with van der Waals surface area (Å²) < 4.78 is 0. The van der Waals surface area contributed by atoms with Gasteiger partial charge in [-0.3, -0.25) is 9.78 Å². The molecule has 4 heteroatoms. The van der Waals surface area contributed by atoms with Crippen LogP contribution in [0.2, 0.25) is 0 Å². The number of rotatable bonds is 3. The number of aryl methyl sites for hydroxylation is 1. The van der Waals surface area contributed by atoms with Crippen LogP contribution in [0.25, 0.3) is 0 Å². The Hall–Kier alpha value is -1.42. The molecule has 82 valence electrons. The highest BCUT2D eigenvalue weighted by Gasteiger charge is 2.34. The number of carboxylic acid groups (broad SMARTS) is 1. The molecular formula is C11H16N2O2. The Morgan fingerprint density at radius 3 is 2.53 bits per heavy atom. The second-order valence-electron chi connectivity index (χ2n) is 4.26. The van der Waals surface area contributed by atoms with Gasteiger partial charge < -0.3 is 10.8 Å². The lowest BCUT2D eigenvalue weighted by Crippen LogP contribution is -2.47. The Labute approximate surface area is 89.1 Å². The Morgan fingerprint density at radius 2 is 2.13 bits per heavy atom. The number of hydrogen-bond donors (Lipinski definition) is 2. The van der Waals surface area contributed by atoms with Gasteiger partial charge in [-0.05, 0) is 18.6 Å². The first kappa shape index (κ1) is 11.7. The van der Waals surface area contributed by atoms with Gasteiger partial charge in [0.25, 0.3) is 0 Å². The van der Waals surface area contributed by atoms with E-state index >= 15 is 0 Å². The monoisotopic (exact) mass is 208 g/mol. The standard InChI is InChI=1S/C11H16N2O2/c1-7-4-5-8(13-6-7)11(2,3)9(12)10(14)15/h4-6,9H,12H2,1-3H3,(H,14,15). The molecule has 1 aromatic rings. The van der Waals surface area contributed by atoms with E-state index in [0.29, 0.717) is 5.69 Å². The van der Waals surface area contributed by atoms with Crippen molar-refractivity contribution in [2.75, 3.05) is 0 Å². The molecular weight excluding hydrogens is 192 g/mol. The maximum atomic E-state index is 10.8. The van der Waals surface area contributed by atoms with Crippen LogP contribution in [0.1, 0.15) is 25.1 Å². The summed E-state index contributed by atoms with van der Waals surface area (Å²) in [4.78, 5) is 15.0. The Kier molecular flexibility index (Phi) is 3.09. The van der Waals surface area contributed by atoms with Crippen LogP contribution in [0.15, 0.2) is 18.3 Å². The van der Waals surface area contributed by atoms with Gasteiger partial charge in [0.15, 0.2) is 0 Å². The molecule has 0 aliphatic rings. The molecule has 0 amide bonds. The Morgan fingerprint density at radius 1 is 1.53 bits per heavy atom. The van der Waals surface area contributed by atoms with Crippen molar-refractivity contribution in [1.29, 1.82) is 0 Å². The van der Waals surface area contributed by atoms with Gasteiger partial charge in [0.1, 0.15) is 6.04 Å². The van der Waals surface area contributed by atoms with Gasteiger partial charge in [0.05, 0.1) is 0 Å². The molecule has 4 nitrogen and oxygen atoms in total. The minimum absolute atomic E-state index is 0.667. The first-order chi connectivity index (χ1) is 6.85. The van der Waals surface area contributed by atoms with Crippen LogP contribution in [-0.2, 0) is 10.2 Å². The third-order valence-corrected chi connectivity index (χ3v) is 2.62. The van der Waals surface area contributed by atoms with E-state index in [-0.39, 0.29) is 0 Å². The van der Waals surface area contributed by atoms with Crippen LogP contribution in [0.3, 0.4) is 0 Å². The van der Waals surface area contributed by atoms with Crippen molar-refractivity contribution in [3.8, 4) is 0 Å². The van der Waals surface area contributed by atoms with Crippen LogP contribution < -0.4 is 5.73 Å². The molecule has 1 aromatic heterocycles. The number of hydrogen-bond acceptors (Lipinski definition) is 3. The number of carboxylic acids is 1. The molecule has 1 unspecified atom stereocenters. The van der Waals surface area contributed by atoms with E-state index in [9.17, 15) is 4.79 Å². The highest BCUT2D eigenvalue weighted by molar-refractivity contribution is 5.75. The molecule has 0 fully saturated rings. The van der Waals surface area contributed by atoms with E-state index in [0.717, 1.165) is 5.56 Å². The maximum Gasteiger partial charge on any atom is 0.321 e. The predicted molar refractivity (Wildman–Crippen MR) is 57.6 cm³/mol. The van der Waals surface area contributed by atoms with E-state index in [2.05, 4.69) is 4.98 Å². The summed E-state index contributed by atoms with van der Waals surface area (Å²) in [6.45, 7) is 5.49. The second kappa shape index (κ2) is 3.98. The molecule has 1 rings (SSSR count). The second-order valence-corrected chi connectivity index (χ2v) is 4.26. The largest absolute Gasteiger partial charge is 0.480 e. The third-order valence-electron chi connectivity index (χ3n) is 2.62. The fourth-order valence-electron chi connectivity index (χ4n) is 1.32. The molecule has 1 atom stereocenters. The highest BCUT2D eigenvalue weighted by atomic mass is 16.4. The van der Waals surface area contributed by atoms with Crippen LogP contribution in [0, 0.1) is 6.92 Å². The fraction of sp³-hybridized carbons (Fsp3) is 0.455. The van der Waals surface area contributed by atoms with Crippen molar-refractivity contribution < 1.29 is 9.90 Å². The van der Waals surface area contributed by atoms with Gasteiger partial charge in [0, 0.05) is 17.3 Å². The molecule has 0 aliphatic carbocycles. The normalized spacial score (nSPS) is 13.6. The molecule has 3 N–H and O–H groups in total. The average Bonchev–Trinajstić information content (AvgIpc) is 2.17.